The van der Waals surface area contributed by atoms with Gasteiger partial charge >= 0.3 is 6.09 Å². The maximum Gasteiger partial charge on any atom is 0.411 e. The number of anilines is 2. The second-order valence-corrected chi connectivity index (χ2v) is 3.67. The molecule has 2 rings (SSSR count). The Morgan fingerprint density at radius 3 is 2.88 bits per heavy atom. The topological polar surface area (TPSA) is 81.7 Å². The number of hydrogen-bond donors (Lipinski definition) is 3. The summed E-state index contributed by atoms with van der Waals surface area (Å²) in [4.78, 5) is 23.8. The molecule has 90 valence electrons. The number of fused-ring (bicyclic) bond motifs is 1. The van der Waals surface area contributed by atoms with Crippen molar-refractivity contribution in [2.75, 3.05) is 30.4 Å². The summed E-state index contributed by atoms with van der Waals surface area (Å²) in [6.07, 6.45) is -1.01. The van der Waals surface area contributed by atoms with E-state index in [1.165, 1.54) is 11.9 Å². The molecule has 6 nitrogen and oxygen atoms in total. The highest BCUT2D eigenvalue weighted by molar-refractivity contribution is 5.99. The molecule has 1 aliphatic rings. The average molecular weight is 235 g/mol. The van der Waals surface area contributed by atoms with Gasteiger partial charge < -0.3 is 15.7 Å². The second-order valence-electron chi connectivity index (χ2n) is 3.67. The van der Waals surface area contributed by atoms with Crippen LogP contribution in [-0.4, -0.2) is 37.2 Å². The van der Waals surface area contributed by atoms with Crippen molar-refractivity contribution in [3.05, 3.63) is 23.8 Å². The van der Waals surface area contributed by atoms with Crippen LogP contribution in [0.4, 0.5) is 16.2 Å². The quantitative estimate of drug-likeness (QED) is 0.677. The molecule has 0 fully saturated rings. The zero-order valence-electron chi connectivity index (χ0n) is 9.36. The van der Waals surface area contributed by atoms with E-state index in [2.05, 4.69) is 10.6 Å². The van der Waals surface area contributed by atoms with Crippen molar-refractivity contribution in [1.82, 2.24) is 5.32 Å². The monoisotopic (exact) mass is 235 g/mol. The molecule has 0 spiro atoms. The number of nitrogens with one attached hydrogen (secondary N) is 2. The van der Waals surface area contributed by atoms with Gasteiger partial charge in [0.15, 0.2) is 0 Å². The molecule has 1 aromatic carbocycles. The van der Waals surface area contributed by atoms with Crippen molar-refractivity contribution in [2.24, 2.45) is 0 Å². The van der Waals surface area contributed by atoms with E-state index >= 15 is 0 Å². The van der Waals surface area contributed by atoms with Gasteiger partial charge in [0.2, 0.25) is 0 Å². The fraction of sp³-hybridized carbons (Fsp3) is 0.273. The molecule has 3 N–H and O–H groups in total. The van der Waals surface area contributed by atoms with E-state index in [4.69, 9.17) is 5.11 Å². The smallest absolute Gasteiger partial charge is 0.411 e. The number of nitrogens with zero attached hydrogens (tertiary/aromatic N) is 1. The Kier molecular flexibility index (Phi) is 2.86. The number of carbonyl (C=O) groups is 2. The largest absolute Gasteiger partial charge is 0.465 e. The third-order valence-corrected chi connectivity index (χ3v) is 2.66. The van der Waals surface area contributed by atoms with E-state index in [0.717, 1.165) is 5.69 Å². The average Bonchev–Trinajstić information content (AvgIpc) is 2.36. The maximum atomic E-state index is 11.5. The van der Waals surface area contributed by atoms with Crippen LogP contribution < -0.4 is 15.5 Å². The third kappa shape index (κ3) is 2.01. The minimum absolute atomic E-state index is 0.233. The van der Waals surface area contributed by atoms with Crippen LogP contribution in [0.15, 0.2) is 18.2 Å². The summed E-state index contributed by atoms with van der Waals surface area (Å²) in [6.45, 7) is 0.943. The molecule has 17 heavy (non-hydrogen) atoms. The summed E-state index contributed by atoms with van der Waals surface area (Å²) < 4.78 is 0. The fourth-order valence-corrected chi connectivity index (χ4v) is 1.81. The van der Waals surface area contributed by atoms with E-state index in [1.807, 2.05) is 0 Å². The first-order valence-electron chi connectivity index (χ1n) is 5.24. The van der Waals surface area contributed by atoms with Crippen LogP contribution in [-0.2, 0) is 0 Å². The predicted molar refractivity (Wildman–Crippen MR) is 63.7 cm³/mol. The van der Waals surface area contributed by atoms with Gasteiger partial charge in [-0.25, -0.2) is 4.79 Å². The molecule has 0 atom stereocenters. The highest BCUT2D eigenvalue weighted by Crippen LogP contribution is 2.30. The maximum absolute atomic E-state index is 11.5. The summed E-state index contributed by atoms with van der Waals surface area (Å²) in [7, 11) is 1.54. The first-order chi connectivity index (χ1) is 8.13. The number of amides is 2. The van der Waals surface area contributed by atoms with Gasteiger partial charge in [-0.15, -0.1) is 0 Å². The summed E-state index contributed by atoms with van der Waals surface area (Å²) in [5.41, 5.74) is 1.69. The van der Waals surface area contributed by atoms with Crippen LogP contribution in [0.25, 0.3) is 0 Å². The van der Waals surface area contributed by atoms with Gasteiger partial charge in [-0.1, -0.05) is 0 Å². The Balaban J connectivity index is 2.44. The van der Waals surface area contributed by atoms with Crippen molar-refractivity contribution >= 4 is 23.4 Å². The van der Waals surface area contributed by atoms with Crippen LogP contribution in [0, 0.1) is 0 Å². The normalized spacial score (nSPS) is 13.6. The van der Waals surface area contributed by atoms with Crippen molar-refractivity contribution in [1.29, 1.82) is 0 Å². The molecule has 2 amide bonds. The summed E-state index contributed by atoms with van der Waals surface area (Å²) in [5, 5.41) is 14.7. The van der Waals surface area contributed by atoms with Crippen molar-refractivity contribution in [2.45, 2.75) is 0 Å². The molecule has 0 aromatic heterocycles. The summed E-state index contributed by atoms with van der Waals surface area (Å²) >= 11 is 0. The number of rotatable bonds is 1. The van der Waals surface area contributed by atoms with Gasteiger partial charge in [0.05, 0.1) is 11.4 Å². The van der Waals surface area contributed by atoms with Crippen LogP contribution in [0.1, 0.15) is 10.4 Å². The minimum atomic E-state index is -1.01. The standard InChI is InChI=1S/C11H13N3O3/c1-12-10(15)7-2-3-8-9(6-7)14(11(16)17)5-4-13-8/h2-3,6,13H,4-5H2,1H3,(H,12,15)(H,16,17). The molecule has 1 heterocycles. The Hall–Kier alpha value is -2.24. The molecule has 0 bridgehead atoms. The van der Waals surface area contributed by atoms with Gasteiger partial charge in [0.25, 0.3) is 5.91 Å². The molecular formula is C11H13N3O3. The molecule has 1 aromatic rings. The van der Waals surface area contributed by atoms with Crippen molar-refractivity contribution in [3.63, 3.8) is 0 Å². The molecule has 0 radical (unpaired) electrons. The minimum Gasteiger partial charge on any atom is -0.465 e. The van der Waals surface area contributed by atoms with Crippen LogP contribution in [0.3, 0.4) is 0 Å². The molecular weight excluding hydrogens is 222 g/mol. The Bertz CT molecular complexity index is 473. The predicted octanol–water partition coefficient (Wildman–Crippen LogP) is 0.956. The number of carbonyl (C=O) groups excluding carboxylic acids is 1. The van der Waals surface area contributed by atoms with E-state index in [9.17, 15) is 9.59 Å². The zero-order valence-corrected chi connectivity index (χ0v) is 9.36. The lowest BCUT2D eigenvalue weighted by Gasteiger charge is -2.28. The number of hydrogen-bond acceptors (Lipinski definition) is 3. The van der Waals surface area contributed by atoms with Gasteiger partial charge in [-0.2, -0.15) is 0 Å². The van der Waals surface area contributed by atoms with Gasteiger partial charge in [0, 0.05) is 25.7 Å². The van der Waals surface area contributed by atoms with E-state index in [1.54, 1.807) is 18.2 Å². The zero-order chi connectivity index (χ0) is 12.4. The van der Waals surface area contributed by atoms with E-state index < -0.39 is 6.09 Å². The highest BCUT2D eigenvalue weighted by atomic mass is 16.4. The molecule has 1 aliphatic heterocycles. The first-order valence-corrected chi connectivity index (χ1v) is 5.24. The van der Waals surface area contributed by atoms with Crippen molar-refractivity contribution < 1.29 is 14.7 Å². The number of carboxylic acid groups (broad SMARTS) is 1. The third-order valence-electron chi connectivity index (χ3n) is 2.66. The van der Waals surface area contributed by atoms with E-state index in [-0.39, 0.29) is 5.91 Å². The lowest BCUT2D eigenvalue weighted by atomic mass is 10.1. The molecule has 6 heteroatoms. The second kappa shape index (κ2) is 4.32. The summed E-state index contributed by atoms with van der Waals surface area (Å²) in [5.74, 6) is -0.233. The van der Waals surface area contributed by atoms with Crippen molar-refractivity contribution in [3.8, 4) is 0 Å². The number of benzene rings is 1. The van der Waals surface area contributed by atoms with Crippen LogP contribution in [0.5, 0.6) is 0 Å². The summed E-state index contributed by atoms with van der Waals surface area (Å²) in [6, 6.07) is 4.96. The Morgan fingerprint density at radius 2 is 2.24 bits per heavy atom. The first kappa shape index (κ1) is 11.3. The fourth-order valence-electron chi connectivity index (χ4n) is 1.81. The van der Waals surface area contributed by atoms with Gasteiger partial charge in [-0.3, -0.25) is 9.69 Å². The Labute approximate surface area is 98.2 Å². The van der Waals surface area contributed by atoms with Gasteiger partial charge in [-0.05, 0) is 18.2 Å². The van der Waals surface area contributed by atoms with Crippen LogP contribution >= 0.6 is 0 Å². The molecule has 0 saturated carbocycles. The molecule has 0 aliphatic carbocycles. The van der Waals surface area contributed by atoms with Gasteiger partial charge in [0.1, 0.15) is 0 Å². The lowest BCUT2D eigenvalue weighted by Crippen LogP contribution is -2.38. The lowest BCUT2D eigenvalue weighted by molar-refractivity contribution is 0.0963. The van der Waals surface area contributed by atoms with Crippen LogP contribution in [0.2, 0.25) is 0 Å². The van der Waals surface area contributed by atoms with E-state index in [0.29, 0.717) is 24.3 Å². The molecule has 0 saturated heterocycles. The Morgan fingerprint density at radius 1 is 1.47 bits per heavy atom. The molecule has 0 unspecified atom stereocenters. The SMILES string of the molecule is CNC(=O)c1ccc2c(c1)N(C(=O)O)CCN2. The highest BCUT2D eigenvalue weighted by Gasteiger charge is 2.22.